The van der Waals surface area contributed by atoms with Gasteiger partial charge in [0.1, 0.15) is 30.8 Å². The Morgan fingerprint density at radius 2 is 2.06 bits per heavy atom. The van der Waals surface area contributed by atoms with Gasteiger partial charge in [-0.1, -0.05) is 5.10 Å². The van der Waals surface area contributed by atoms with E-state index in [2.05, 4.69) is 18.2 Å². The zero-order valence-corrected chi connectivity index (χ0v) is 11.1. The van der Waals surface area contributed by atoms with Crippen LogP contribution >= 0.6 is 0 Å². The molecule has 1 heterocycles. The van der Waals surface area contributed by atoms with Gasteiger partial charge in [0.25, 0.3) is 0 Å². The highest BCUT2D eigenvalue weighted by atomic mass is 16.5. The van der Waals surface area contributed by atoms with Gasteiger partial charge < -0.3 is 9.47 Å². The van der Waals surface area contributed by atoms with Crippen LogP contribution in [0.15, 0.2) is 35.6 Å². The lowest BCUT2D eigenvalue weighted by atomic mass is 10.1. The fraction of sp³-hybridized carbons (Fsp3) is 0.357. The monoisotopic (exact) mass is 247 g/mol. The normalized spacial score (nSPS) is 21.3. The molecule has 0 saturated carbocycles. The largest absolute Gasteiger partial charge is 0.497 e. The maximum atomic E-state index is 5.42. The third kappa shape index (κ3) is 2.38. The number of nitrogens with zero attached hydrogens (tertiary/aromatic N) is 2. The van der Waals surface area contributed by atoms with Crippen molar-refractivity contribution >= 4 is 6.21 Å². The second kappa shape index (κ2) is 5.23. The minimum atomic E-state index is 0.586. The molecular weight excluding hydrogens is 228 g/mol. The summed E-state index contributed by atoms with van der Waals surface area (Å²) < 4.78 is 11.2. The van der Waals surface area contributed by atoms with Crippen LogP contribution in [0.5, 0.6) is 11.5 Å². The minimum Gasteiger partial charge on any atom is -0.497 e. The molecule has 2 rings (SSSR count). The van der Waals surface area contributed by atoms with Gasteiger partial charge in [0, 0.05) is 12.1 Å². The standard InChI is InChI=1S/C14H19N2O2/c1-4-16(9-5-8-15-16)11-12-6-7-13(17-2)10-14(12)18-3/h5-10H,4,11H2,1-3H3/q+1. The Labute approximate surface area is 108 Å². The summed E-state index contributed by atoms with van der Waals surface area (Å²) in [5, 5.41) is 4.51. The summed E-state index contributed by atoms with van der Waals surface area (Å²) in [4.78, 5) is 0. The Morgan fingerprint density at radius 1 is 1.22 bits per heavy atom. The Balaban J connectivity index is 2.28. The van der Waals surface area contributed by atoms with Crippen LogP contribution in [0.3, 0.4) is 0 Å². The average Bonchev–Trinajstić information content (AvgIpc) is 2.88. The van der Waals surface area contributed by atoms with Gasteiger partial charge in [0.15, 0.2) is 0 Å². The van der Waals surface area contributed by atoms with Crippen molar-refractivity contribution in [2.45, 2.75) is 13.5 Å². The second-order valence-corrected chi connectivity index (χ2v) is 4.25. The SMILES string of the molecule is CC[N+]1(Cc2ccc(OC)cc2OC)C=CC=N1. The molecule has 1 aliphatic rings. The van der Waals surface area contributed by atoms with Crippen LogP contribution in [-0.4, -0.2) is 31.6 Å². The first-order valence-corrected chi connectivity index (χ1v) is 6.04. The predicted molar refractivity (Wildman–Crippen MR) is 71.7 cm³/mol. The molecule has 0 radical (unpaired) electrons. The van der Waals surface area contributed by atoms with E-state index in [1.54, 1.807) is 14.2 Å². The van der Waals surface area contributed by atoms with Crippen molar-refractivity contribution in [3.63, 3.8) is 0 Å². The molecule has 1 atom stereocenters. The molecule has 0 N–H and O–H groups in total. The number of allylic oxidation sites excluding steroid dienone is 1. The van der Waals surface area contributed by atoms with E-state index in [1.807, 2.05) is 30.5 Å². The molecule has 0 spiro atoms. The summed E-state index contributed by atoms with van der Waals surface area (Å²) >= 11 is 0. The van der Waals surface area contributed by atoms with E-state index in [-0.39, 0.29) is 0 Å². The quantitative estimate of drug-likeness (QED) is 0.749. The van der Waals surface area contributed by atoms with Gasteiger partial charge in [-0.25, -0.2) is 0 Å². The zero-order chi connectivity index (χ0) is 13.0. The molecule has 0 aliphatic carbocycles. The number of benzene rings is 1. The third-order valence-corrected chi connectivity index (χ3v) is 3.23. The van der Waals surface area contributed by atoms with Gasteiger partial charge in [0.05, 0.1) is 26.0 Å². The number of quaternary nitrogens is 1. The van der Waals surface area contributed by atoms with E-state index in [0.29, 0.717) is 4.59 Å². The summed E-state index contributed by atoms with van der Waals surface area (Å²) in [6, 6.07) is 5.90. The molecular formula is C14H19N2O2+. The van der Waals surface area contributed by atoms with E-state index >= 15 is 0 Å². The molecule has 0 amide bonds. The number of hydrogen-bond acceptors (Lipinski definition) is 3. The lowest BCUT2D eigenvalue weighted by molar-refractivity contribution is -0.895. The van der Waals surface area contributed by atoms with Gasteiger partial charge in [0.2, 0.25) is 0 Å². The van der Waals surface area contributed by atoms with Gasteiger partial charge in [-0.3, -0.25) is 0 Å². The smallest absolute Gasteiger partial charge is 0.137 e. The van der Waals surface area contributed by atoms with E-state index < -0.39 is 0 Å². The first kappa shape index (κ1) is 12.6. The Hall–Kier alpha value is -1.81. The van der Waals surface area contributed by atoms with Crippen molar-refractivity contribution < 1.29 is 14.1 Å². The summed E-state index contributed by atoms with van der Waals surface area (Å²) in [5.74, 6) is 1.65. The van der Waals surface area contributed by atoms with Gasteiger partial charge in [-0.05, 0) is 19.1 Å². The molecule has 0 saturated heterocycles. The summed E-state index contributed by atoms with van der Waals surface area (Å²) in [5.41, 5.74) is 1.13. The second-order valence-electron chi connectivity index (χ2n) is 4.25. The third-order valence-electron chi connectivity index (χ3n) is 3.23. The van der Waals surface area contributed by atoms with Crippen LogP contribution in [-0.2, 0) is 6.54 Å². The average molecular weight is 247 g/mol. The lowest BCUT2D eigenvalue weighted by Gasteiger charge is -2.25. The predicted octanol–water partition coefficient (Wildman–Crippen LogP) is 2.55. The maximum absolute atomic E-state index is 5.42. The summed E-state index contributed by atoms with van der Waals surface area (Å²) in [6.45, 7) is 3.84. The van der Waals surface area contributed by atoms with Gasteiger partial charge >= 0.3 is 0 Å². The molecule has 1 aromatic rings. The molecule has 4 nitrogen and oxygen atoms in total. The molecule has 1 aromatic carbocycles. The lowest BCUT2D eigenvalue weighted by Crippen LogP contribution is -2.34. The highest BCUT2D eigenvalue weighted by Crippen LogP contribution is 2.29. The van der Waals surface area contributed by atoms with Crippen molar-refractivity contribution in [2.24, 2.45) is 5.10 Å². The van der Waals surface area contributed by atoms with E-state index in [0.717, 1.165) is 30.2 Å². The molecule has 1 aliphatic heterocycles. The van der Waals surface area contributed by atoms with Crippen LogP contribution < -0.4 is 9.47 Å². The fourth-order valence-electron chi connectivity index (χ4n) is 2.08. The van der Waals surface area contributed by atoms with Crippen molar-refractivity contribution in [2.75, 3.05) is 20.8 Å². The minimum absolute atomic E-state index is 0.586. The van der Waals surface area contributed by atoms with E-state index in [9.17, 15) is 0 Å². The van der Waals surface area contributed by atoms with Crippen molar-refractivity contribution in [3.8, 4) is 11.5 Å². The first-order valence-electron chi connectivity index (χ1n) is 6.04. The number of hydrogen-bond donors (Lipinski definition) is 0. The van der Waals surface area contributed by atoms with E-state index in [1.165, 1.54) is 0 Å². The first-order chi connectivity index (χ1) is 8.73. The topological polar surface area (TPSA) is 30.8 Å². The number of methoxy groups -OCH3 is 2. The van der Waals surface area contributed by atoms with Gasteiger partial charge in [-0.15, -0.1) is 0 Å². The van der Waals surface area contributed by atoms with E-state index in [4.69, 9.17) is 9.47 Å². The highest BCUT2D eigenvalue weighted by Gasteiger charge is 2.26. The Kier molecular flexibility index (Phi) is 3.67. The Morgan fingerprint density at radius 3 is 2.61 bits per heavy atom. The zero-order valence-electron chi connectivity index (χ0n) is 11.1. The van der Waals surface area contributed by atoms with Crippen molar-refractivity contribution in [1.82, 2.24) is 0 Å². The van der Waals surface area contributed by atoms with Crippen LogP contribution in [0.4, 0.5) is 0 Å². The van der Waals surface area contributed by atoms with Gasteiger partial charge in [-0.2, -0.15) is 4.59 Å². The van der Waals surface area contributed by atoms with Crippen LogP contribution in [0.1, 0.15) is 12.5 Å². The number of ether oxygens (including phenoxy) is 2. The molecule has 18 heavy (non-hydrogen) atoms. The summed E-state index contributed by atoms with van der Waals surface area (Å²) in [7, 11) is 3.33. The molecule has 4 heteroatoms. The van der Waals surface area contributed by atoms with Crippen molar-refractivity contribution in [1.29, 1.82) is 0 Å². The van der Waals surface area contributed by atoms with Crippen LogP contribution in [0, 0.1) is 0 Å². The Bertz CT molecular complexity index is 469. The summed E-state index contributed by atoms with van der Waals surface area (Å²) in [6.07, 6.45) is 5.93. The fourth-order valence-corrected chi connectivity index (χ4v) is 2.08. The highest BCUT2D eigenvalue weighted by molar-refractivity contribution is 5.71. The van der Waals surface area contributed by atoms with Crippen LogP contribution in [0.25, 0.3) is 0 Å². The van der Waals surface area contributed by atoms with Crippen LogP contribution in [0.2, 0.25) is 0 Å². The molecule has 0 fully saturated rings. The molecule has 0 aromatic heterocycles. The molecule has 0 bridgehead atoms. The maximum Gasteiger partial charge on any atom is 0.137 e. The molecule has 1 unspecified atom stereocenters. The molecule has 96 valence electrons. The van der Waals surface area contributed by atoms with Crippen molar-refractivity contribution in [3.05, 3.63) is 36.0 Å². The number of rotatable bonds is 5.